The lowest BCUT2D eigenvalue weighted by Gasteiger charge is -2.17. The van der Waals surface area contributed by atoms with E-state index in [1.54, 1.807) is 31.2 Å². The Balaban J connectivity index is 1.49. The van der Waals surface area contributed by atoms with E-state index in [0.29, 0.717) is 17.7 Å². The van der Waals surface area contributed by atoms with Gasteiger partial charge in [-0.25, -0.2) is 9.59 Å². The Bertz CT molecular complexity index is 1240. The maximum atomic E-state index is 12.6. The van der Waals surface area contributed by atoms with Crippen molar-refractivity contribution in [3.63, 3.8) is 0 Å². The molecule has 0 saturated heterocycles. The highest BCUT2D eigenvalue weighted by atomic mass is 16.5. The minimum atomic E-state index is -1.21. The Morgan fingerprint density at radius 1 is 0.718 bits per heavy atom. The predicted molar refractivity (Wildman–Crippen MR) is 152 cm³/mol. The maximum absolute atomic E-state index is 12.6. The number of hydrogen-bond acceptors (Lipinski definition) is 6. The standard InChI is InChI=1S/C33H37NO5/c1-4-6-7-8-9-10-23-37-28-17-15-26(16-18-28)25-11-13-27(14-12-25)31(35)38-29-19-21-30(22-20-29)39-32(36)33(3,5-2)24-34/h11-22H,4-10,23H2,1-3H3. The minimum Gasteiger partial charge on any atom is -0.494 e. The Morgan fingerprint density at radius 2 is 1.23 bits per heavy atom. The fraction of sp³-hybridized carbons (Fsp3) is 0.364. The van der Waals surface area contributed by atoms with E-state index in [1.807, 2.05) is 42.5 Å². The number of hydrogen-bond donors (Lipinski definition) is 0. The van der Waals surface area contributed by atoms with Crippen molar-refractivity contribution in [1.29, 1.82) is 5.26 Å². The summed E-state index contributed by atoms with van der Waals surface area (Å²) in [6.45, 7) is 6.25. The van der Waals surface area contributed by atoms with Crippen LogP contribution in [-0.4, -0.2) is 18.5 Å². The van der Waals surface area contributed by atoms with E-state index in [2.05, 4.69) is 6.92 Å². The number of esters is 2. The number of benzene rings is 3. The zero-order chi connectivity index (χ0) is 28.1. The maximum Gasteiger partial charge on any atom is 0.343 e. The van der Waals surface area contributed by atoms with Gasteiger partial charge in [0.25, 0.3) is 0 Å². The highest BCUT2D eigenvalue weighted by Gasteiger charge is 2.33. The van der Waals surface area contributed by atoms with Crippen molar-refractivity contribution in [3.05, 3.63) is 78.4 Å². The summed E-state index contributed by atoms with van der Waals surface area (Å²) < 4.78 is 16.6. The second kappa shape index (κ2) is 14.7. The van der Waals surface area contributed by atoms with Gasteiger partial charge in [-0.15, -0.1) is 0 Å². The Morgan fingerprint density at radius 3 is 1.79 bits per heavy atom. The monoisotopic (exact) mass is 527 g/mol. The molecular weight excluding hydrogens is 490 g/mol. The van der Waals surface area contributed by atoms with Crippen LogP contribution in [0.15, 0.2) is 72.8 Å². The molecule has 0 spiro atoms. The SMILES string of the molecule is CCCCCCCCOc1ccc(-c2ccc(C(=O)Oc3ccc(OC(=O)C(C)(C#N)CC)cc3)cc2)cc1. The van der Waals surface area contributed by atoms with Crippen LogP contribution in [0.25, 0.3) is 11.1 Å². The van der Waals surface area contributed by atoms with Gasteiger partial charge in [0.05, 0.1) is 18.2 Å². The number of carbonyl (C=O) groups is 2. The molecule has 0 heterocycles. The normalized spacial score (nSPS) is 12.2. The van der Waals surface area contributed by atoms with Gasteiger partial charge in [0.1, 0.15) is 17.2 Å². The lowest BCUT2D eigenvalue weighted by atomic mass is 9.90. The molecule has 0 aromatic heterocycles. The van der Waals surface area contributed by atoms with Crippen molar-refractivity contribution < 1.29 is 23.8 Å². The molecule has 3 aromatic carbocycles. The van der Waals surface area contributed by atoms with Crippen LogP contribution in [0.5, 0.6) is 17.2 Å². The molecule has 0 fully saturated rings. The van der Waals surface area contributed by atoms with Crippen molar-refractivity contribution in [2.75, 3.05) is 6.61 Å². The summed E-state index contributed by atoms with van der Waals surface area (Å²) in [7, 11) is 0. The highest BCUT2D eigenvalue weighted by Crippen LogP contribution is 2.26. The van der Waals surface area contributed by atoms with Gasteiger partial charge in [0.2, 0.25) is 0 Å². The van der Waals surface area contributed by atoms with Crippen LogP contribution in [0.2, 0.25) is 0 Å². The molecule has 0 bridgehead atoms. The third-order valence-corrected chi connectivity index (χ3v) is 6.72. The molecule has 0 aliphatic carbocycles. The Hall–Kier alpha value is -4.11. The zero-order valence-corrected chi connectivity index (χ0v) is 23.1. The van der Waals surface area contributed by atoms with E-state index in [9.17, 15) is 14.9 Å². The van der Waals surface area contributed by atoms with Crippen LogP contribution in [-0.2, 0) is 4.79 Å². The number of nitriles is 1. The van der Waals surface area contributed by atoms with E-state index >= 15 is 0 Å². The second-order valence-corrected chi connectivity index (χ2v) is 9.77. The van der Waals surface area contributed by atoms with Crippen molar-refractivity contribution in [1.82, 2.24) is 0 Å². The summed E-state index contributed by atoms with van der Waals surface area (Å²) in [6, 6.07) is 23.3. The molecule has 0 aliphatic rings. The lowest BCUT2D eigenvalue weighted by Crippen LogP contribution is -2.29. The van der Waals surface area contributed by atoms with Gasteiger partial charge in [-0.1, -0.05) is 70.2 Å². The van der Waals surface area contributed by atoms with E-state index < -0.39 is 17.4 Å². The summed E-state index contributed by atoms with van der Waals surface area (Å²) in [5.74, 6) is 0.343. The first-order valence-electron chi connectivity index (χ1n) is 13.7. The molecule has 0 amide bonds. The number of carbonyl (C=O) groups excluding carboxylic acids is 2. The van der Waals surface area contributed by atoms with Crippen LogP contribution >= 0.6 is 0 Å². The largest absolute Gasteiger partial charge is 0.494 e. The molecule has 0 N–H and O–H groups in total. The number of rotatable bonds is 14. The molecule has 204 valence electrons. The molecule has 6 nitrogen and oxygen atoms in total. The summed E-state index contributed by atoms with van der Waals surface area (Å²) in [4.78, 5) is 24.9. The van der Waals surface area contributed by atoms with Gasteiger partial charge in [-0.3, -0.25) is 0 Å². The van der Waals surface area contributed by atoms with Crippen molar-refractivity contribution >= 4 is 11.9 Å². The predicted octanol–water partition coefficient (Wildman–Crippen LogP) is 8.16. The van der Waals surface area contributed by atoms with Crippen LogP contribution in [0.4, 0.5) is 0 Å². The van der Waals surface area contributed by atoms with Gasteiger partial charge in [0, 0.05) is 0 Å². The first kappa shape index (κ1) is 29.4. The van der Waals surface area contributed by atoms with E-state index in [1.165, 1.54) is 51.2 Å². The summed E-state index contributed by atoms with van der Waals surface area (Å²) in [5, 5.41) is 9.23. The molecule has 0 aliphatic heterocycles. The topological polar surface area (TPSA) is 85.6 Å². The fourth-order valence-electron chi connectivity index (χ4n) is 3.85. The molecule has 3 rings (SSSR count). The highest BCUT2D eigenvalue weighted by molar-refractivity contribution is 5.91. The van der Waals surface area contributed by atoms with Gasteiger partial charge in [0.15, 0.2) is 5.41 Å². The molecule has 39 heavy (non-hydrogen) atoms. The molecule has 1 atom stereocenters. The number of ether oxygens (including phenoxy) is 3. The van der Waals surface area contributed by atoms with Gasteiger partial charge in [-0.2, -0.15) is 5.26 Å². The van der Waals surface area contributed by atoms with Crippen LogP contribution in [0, 0.1) is 16.7 Å². The smallest absolute Gasteiger partial charge is 0.343 e. The summed E-state index contributed by atoms with van der Waals surface area (Å²) in [5.41, 5.74) is 1.22. The van der Waals surface area contributed by atoms with Crippen LogP contribution in [0.1, 0.15) is 76.1 Å². The number of nitrogens with zero attached hydrogens (tertiary/aromatic N) is 1. The van der Waals surface area contributed by atoms with Gasteiger partial charge < -0.3 is 14.2 Å². The average Bonchev–Trinajstić information content (AvgIpc) is 2.97. The quantitative estimate of drug-likeness (QED) is 0.119. The second-order valence-electron chi connectivity index (χ2n) is 9.77. The van der Waals surface area contributed by atoms with Gasteiger partial charge in [-0.05, 0) is 79.4 Å². The Kier molecular flexibility index (Phi) is 11.1. The van der Waals surface area contributed by atoms with Crippen LogP contribution in [0.3, 0.4) is 0 Å². The zero-order valence-electron chi connectivity index (χ0n) is 23.1. The lowest BCUT2D eigenvalue weighted by molar-refractivity contribution is -0.142. The molecule has 1 unspecified atom stereocenters. The van der Waals surface area contributed by atoms with Crippen molar-refractivity contribution in [2.24, 2.45) is 5.41 Å². The van der Waals surface area contributed by atoms with Gasteiger partial charge >= 0.3 is 11.9 Å². The van der Waals surface area contributed by atoms with Crippen LogP contribution < -0.4 is 14.2 Å². The summed E-state index contributed by atoms with van der Waals surface area (Å²) >= 11 is 0. The minimum absolute atomic E-state index is 0.276. The molecule has 6 heteroatoms. The third-order valence-electron chi connectivity index (χ3n) is 6.72. The fourth-order valence-corrected chi connectivity index (χ4v) is 3.85. The third kappa shape index (κ3) is 8.71. The summed E-state index contributed by atoms with van der Waals surface area (Å²) in [6.07, 6.45) is 7.76. The van der Waals surface area contributed by atoms with Crippen molar-refractivity contribution in [3.8, 4) is 34.4 Å². The molecule has 0 saturated carbocycles. The first-order valence-corrected chi connectivity index (χ1v) is 13.7. The Labute approximate surface area is 231 Å². The van der Waals surface area contributed by atoms with E-state index in [0.717, 1.165) is 29.9 Å². The first-order chi connectivity index (χ1) is 18.9. The average molecular weight is 528 g/mol. The molecule has 3 aromatic rings. The van der Waals surface area contributed by atoms with E-state index in [-0.39, 0.29) is 5.75 Å². The molecular formula is C33H37NO5. The van der Waals surface area contributed by atoms with E-state index in [4.69, 9.17) is 14.2 Å². The van der Waals surface area contributed by atoms with Crippen molar-refractivity contribution in [2.45, 2.75) is 65.7 Å². The number of unbranched alkanes of at least 4 members (excludes halogenated alkanes) is 5. The molecule has 0 radical (unpaired) electrons.